The SMILES string of the molecule is CCC(O)(CC)CCO. The van der Waals surface area contributed by atoms with E-state index < -0.39 is 5.60 Å². The molecule has 9 heavy (non-hydrogen) atoms. The van der Waals surface area contributed by atoms with Crippen LogP contribution < -0.4 is 0 Å². The minimum atomic E-state index is -0.616. The molecule has 0 aliphatic heterocycles. The van der Waals surface area contributed by atoms with Crippen molar-refractivity contribution in [3.05, 3.63) is 0 Å². The Morgan fingerprint density at radius 2 is 1.67 bits per heavy atom. The smallest absolute Gasteiger partial charge is 0.0664 e. The summed E-state index contributed by atoms with van der Waals surface area (Å²) >= 11 is 0. The Morgan fingerprint density at radius 3 is 1.78 bits per heavy atom. The first-order valence-corrected chi connectivity index (χ1v) is 3.51. The Labute approximate surface area is 56.5 Å². The van der Waals surface area contributed by atoms with Gasteiger partial charge in [0.25, 0.3) is 0 Å². The summed E-state index contributed by atoms with van der Waals surface area (Å²) in [5, 5.41) is 18.0. The van der Waals surface area contributed by atoms with E-state index >= 15 is 0 Å². The van der Waals surface area contributed by atoms with Crippen molar-refractivity contribution in [2.45, 2.75) is 38.7 Å². The molecule has 0 aliphatic rings. The Kier molecular flexibility index (Phi) is 3.82. The van der Waals surface area contributed by atoms with Crippen molar-refractivity contribution in [3.8, 4) is 0 Å². The van der Waals surface area contributed by atoms with Crippen LogP contribution in [0.1, 0.15) is 33.1 Å². The summed E-state index contributed by atoms with van der Waals surface area (Å²) in [6, 6.07) is 0. The van der Waals surface area contributed by atoms with Crippen LogP contribution in [0.5, 0.6) is 0 Å². The quantitative estimate of drug-likeness (QED) is 0.597. The van der Waals surface area contributed by atoms with Crippen LogP contribution in [0.25, 0.3) is 0 Å². The molecule has 0 rings (SSSR count). The van der Waals surface area contributed by atoms with E-state index in [0.29, 0.717) is 6.42 Å². The molecule has 0 aromatic rings. The molecule has 2 nitrogen and oxygen atoms in total. The Hall–Kier alpha value is -0.0800. The van der Waals surface area contributed by atoms with Gasteiger partial charge in [-0.3, -0.25) is 0 Å². The number of aliphatic hydroxyl groups is 2. The largest absolute Gasteiger partial charge is 0.396 e. The molecule has 56 valence electrons. The Morgan fingerprint density at radius 1 is 1.22 bits per heavy atom. The molecule has 0 aliphatic carbocycles. The van der Waals surface area contributed by atoms with Gasteiger partial charge in [0.2, 0.25) is 0 Å². The highest BCUT2D eigenvalue weighted by Crippen LogP contribution is 2.17. The van der Waals surface area contributed by atoms with E-state index in [1.165, 1.54) is 0 Å². The molecule has 0 bridgehead atoms. The van der Waals surface area contributed by atoms with Crippen LogP contribution in [0.2, 0.25) is 0 Å². The third-order valence-electron chi connectivity index (χ3n) is 1.89. The summed E-state index contributed by atoms with van der Waals surface area (Å²) in [7, 11) is 0. The average molecular weight is 132 g/mol. The second-order valence-corrected chi connectivity index (χ2v) is 2.41. The Bertz CT molecular complexity index is 67.3. The van der Waals surface area contributed by atoms with E-state index in [9.17, 15) is 5.11 Å². The van der Waals surface area contributed by atoms with E-state index in [1.807, 2.05) is 13.8 Å². The maximum Gasteiger partial charge on any atom is 0.0664 e. The van der Waals surface area contributed by atoms with Crippen LogP contribution >= 0.6 is 0 Å². The van der Waals surface area contributed by atoms with Crippen molar-refractivity contribution < 1.29 is 10.2 Å². The van der Waals surface area contributed by atoms with Gasteiger partial charge < -0.3 is 10.2 Å². The van der Waals surface area contributed by atoms with Crippen LogP contribution in [0.3, 0.4) is 0 Å². The third kappa shape index (κ3) is 2.82. The standard InChI is InChI=1S/C7H16O2/c1-3-7(9,4-2)5-6-8/h8-9H,3-6H2,1-2H3. The summed E-state index contributed by atoms with van der Waals surface area (Å²) in [6.07, 6.45) is 1.95. The molecule has 0 unspecified atom stereocenters. The molecule has 0 spiro atoms. The fourth-order valence-corrected chi connectivity index (χ4v) is 0.812. The summed E-state index contributed by atoms with van der Waals surface area (Å²) in [5.41, 5.74) is -0.616. The predicted octanol–water partition coefficient (Wildman–Crippen LogP) is 0.920. The van der Waals surface area contributed by atoms with Gasteiger partial charge in [-0.15, -0.1) is 0 Å². The third-order valence-corrected chi connectivity index (χ3v) is 1.89. The zero-order valence-electron chi connectivity index (χ0n) is 6.22. The summed E-state index contributed by atoms with van der Waals surface area (Å²) < 4.78 is 0. The first-order chi connectivity index (χ1) is 4.18. The molecular weight excluding hydrogens is 116 g/mol. The van der Waals surface area contributed by atoms with Gasteiger partial charge in [-0.2, -0.15) is 0 Å². The zero-order valence-corrected chi connectivity index (χ0v) is 6.22. The maximum absolute atomic E-state index is 9.47. The van der Waals surface area contributed by atoms with Crippen molar-refractivity contribution in [3.63, 3.8) is 0 Å². The van der Waals surface area contributed by atoms with E-state index in [2.05, 4.69) is 0 Å². The lowest BCUT2D eigenvalue weighted by atomic mass is 9.94. The van der Waals surface area contributed by atoms with Crippen molar-refractivity contribution in [1.29, 1.82) is 0 Å². The highest BCUT2D eigenvalue weighted by atomic mass is 16.3. The second kappa shape index (κ2) is 3.85. The van der Waals surface area contributed by atoms with Crippen LogP contribution in [0.4, 0.5) is 0 Å². The fraction of sp³-hybridized carbons (Fsp3) is 1.00. The molecular formula is C7H16O2. The molecule has 0 fully saturated rings. The van der Waals surface area contributed by atoms with Gasteiger partial charge in [-0.05, 0) is 19.3 Å². The topological polar surface area (TPSA) is 40.5 Å². The molecule has 0 aromatic heterocycles. The predicted molar refractivity (Wildman–Crippen MR) is 37.2 cm³/mol. The maximum atomic E-state index is 9.47. The van der Waals surface area contributed by atoms with Gasteiger partial charge >= 0.3 is 0 Å². The molecule has 0 atom stereocenters. The van der Waals surface area contributed by atoms with Crippen LogP contribution in [0.15, 0.2) is 0 Å². The van der Waals surface area contributed by atoms with Gasteiger partial charge in [0.05, 0.1) is 5.60 Å². The minimum absolute atomic E-state index is 0.0815. The van der Waals surface area contributed by atoms with Crippen molar-refractivity contribution in [2.24, 2.45) is 0 Å². The normalized spacial score (nSPS) is 12.0. The number of hydrogen-bond acceptors (Lipinski definition) is 2. The minimum Gasteiger partial charge on any atom is -0.396 e. The highest BCUT2D eigenvalue weighted by Gasteiger charge is 2.20. The number of aliphatic hydroxyl groups excluding tert-OH is 1. The van der Waals surface area contributed by atoms with Crippen LogP contribution in [-0.2, 0) is 0 Å². The molecule has 2 N–H and O–H groups in total. The zero-order chi connectivity index (χ0) is 7.33. The van der Waals surface area contributed by atoms with E-state index in [4.69, 9.17) is 5.11 Å². The molecule has 0 amide bonds. The molecule has 0 aromatic carbocycles. The van der Waals surface area contributed by atoms with Crippen LogP contribution in [0, 0.1) is 0 Å². The Balaban J connectivity index is 3.62. The highest BCUT2D eigenvalue weighted by molar-refractivity contribution is 4.73. The fourth-order valence-electron chi connectivity index (χ4n) is 0.812. The lowest BCUT2D eigenvalue weighted by Crippen LogP contribution is -2.27. The summed E-state index contributed by atoms with van der Waals surface area (Å²) in [4.78, 5) is 0. The lowest BCUT2D eigenvalue weighted by Gasteiger charge is -2.23. The van der Waals surface area contributed by atoms with E-state index in [1.54, 1.807) is 0 Å². The molecule has 0 radical (unpaired) electrons. The van der Waals surface area contributed by atoms with Gasteiger partial charge in [-0.25, -0.2) is 0 Å². The number of rotatable bonds is 4. The molecule has 0 saturated carbocycles. The van der Waals surface area contributed by atoms with Crippen molar-refractivity contribution in [2.75, 3.05) is 6.61 Å². The first kappa shape index (κ1) is 8.92. The van der Waals surface area contributed by atoms with Gasteiger partial charge in [-0.1, -0.05) is 13.8 Å². The van der Waals surface area contributed by atoms with Crippen LogP contribution in [-0.4, -0.2) is 22.4 Å². The van der Waals surface area contributed by atoms with E-state index in [-0.39, 0.29) is 6.61 Å². The van der Waals surface area contributed by atoms with Gasteiger partial charge in [0, 0.05) is 6.61 Å². The van der Waals surface area contributed by atoms with Gasteiger partial charge in [0.1, 0.15) is 0 Å². The molecule has 0 heterocycles. The summed E-state index contributed by atoms with van der Waals surface area (Å²) in [5.74, 6) is 0. The average Bonchev–Trinajstić information content (AvgIpc) is 1.89. The molecule has 0 saturated heterocycles. The van der Waals surface area contributed by atoms with E-state index in [0.717, 1.165) is 12.8 Å². The monoisotopic (exact) mass is 132 g/mol. The number of hydrogen-bond donors (Lipinski definition) is 2. The first-order valence-electron chi connectivity index (χ1n) is 3.51. The lowest BCUT2D eigenvalue weighted by molar-refractivity contribution is 0.00872. The van der Waals surface area contributed by atoms with Crippen molar-refractivity contribution >= 4 is 0 Å². The van der Waals surface area contributed by atoms with Crippen molar-refractivity contribution in [1.82, 2.24) is 0 Å². The summed E-state index contributed by atoms with van der Waals surface area (Å²) in [6.45, 7) is 3.94. The second-order valence-electron chi connectivity index (χ2n) is 2.41. The van der Waals surface area contributed by atoms with Gasteiger partial charge in [0.15, 0.2) is 0 Å². The molecule has 2 heteroatoms.